The van der Waals surface area contributed by atoms with Gasteiger partial charge in [0.1, 0.15) is 17.2 Å². The minimum atomic E-state index is -0.373. The number of likely N-dealkylation sites (tertiary alicyclic amines) is 2. The molecule has 0 aromatic heterocycles. The van der Waals surface area contributed by atoms with Crippen LogP contribution in [0.2, 0.25) is 0 Å². The molecule has 5 rings (SSSR count). The van der Waals surface area contributed by atoms with Crippen LogP contribution < -0.4 is 20.1 Å². The zero-order valence-electron chi connectivity index (χ0n) is 25.5. The van der Waals surface area contributed by atoms with Crippen LogP contribution in [-0.4, -0.2) is 85.4 Å². The van der Waals surface area contributed by atoms with Crippen LogP contribution in [0.15, 0.2) is 42.5 Å². The van der Waals surface area contributed by atoms with Crippen molar-refractivity contribution in [3.8, 4) is 17.2 Å². The quantitative estimate of drug-likeness (QED) is 0.549. The average molecular weight is 607 g/mol. The lowest BCUT2D eigenvalue weighted by Gasteiger charge is -2.41. The van der Waals surface area contributed by atoms with Crippen LogP contribution in [0.1, 0.15) is 61.4 Å². The molecule has 2 atom stereocenters. The van der Waals surface area contributed by atoms with Crippen LogP contribution in [0.5, 0.6) is 17.2 Å². The van der Waals surface area contributed by atoms with Crippen molar-refractivity contribution in [2.24, 2.45) is 5.92 Å². The van der Waals surface area contributed by atoms with E-state index >= 15 is 0 Å². The number of carbonyl (C=O) groups excluding carboxylic acids is 4. The van der Waals surface area contributed by atoms with Gasteiger partial charge in [0.25, 0.3) is 5.91 Å². The van der Waals surface area contributed by atoms with Gasteiger partial charge < -0.3 is 34.6 Å². The molecule has 11 heteroatoms. The van der Waals surface area contributed by atoms with Crippen molar-refractivity contribution in [1.29, 1.82) is 0 Å². The van der Waals surface area contributed by atoms with Gasteiger partial charge in [-0.15, -0.1) is 0 Å². The summed E-state index contributed by atoms with van der Waals surface area (Å²) in [6.45, 7) is 4.57. The third-order valence-corrected chi connectivity index (χ3v) is 8.55. The second kappa shape index (κ2) is 14.6. The number of nitrogens with one attached hydrogen (secondary N) is 2. The lowest BCUT2D eigenvalue weighted by molar-refractivity contribution is -0.144. The molecular weight excluding hydrogens is 564 g/mol. The molecule has 0 unspecified atom stereocenters. The molecule has 0 radical (unpaired) electrons. The molecule has 2 fully saturated rings. The van der Waals surface area contributed by atoms with Gasteiger partial charge in [0.05, 0.1) is 25.9 Å². The molecule has 3 aliphatic heterocycles. The number of benzene rings is 2. The molecule has 2 aromatic carbocycles. The molecule has 236 valence electrons. The summed E-state index contributed by atoms with van der Waals surface area (Å²) in [4.78, 5) is 55.2. The van der Waals surface area contributed by atoms with Gasteiger partial charge in [0.2, 0.25) is 17.7 Å². The molecule has 0 spiro atoms. The predicted molar refractivity (Wildman–Crippen MR) is 162 cm³/mol. The van der Waals surface area contributed by atoms with E-state index in [1.807, 2.05) is 41.0 Å². The van der Waals surface area contributed by atoms with Crippen molar-refractivity contribution in [2.45, 2.75) is 64.2 Å². The summed E-state index contributed by atoms with van der Waals surface area (Å²) in [5.41, 5.74) is 1.28. The molecule has 0 saturated carbocycles. The van der Waals surface area contributed by atoms with Crippen LogP contribution >= 0.6 is 0 Å². The van der Waals surface area contributed by atoms with Crippen LogP contribution in [0.4, 0.5) is 0 Å². The fourth-order valence-corrected chi connectivity index (χ4v) is 6.08. The second-order valence-electron chi connectivity index (χ2n) is 11.6. The van der Waals surface area contributed by atoms with E-state index in [4.69, 9.17) is 14.2 Å². The summed E-state index contributed by atoms with van der Waals surface area (Å²) in [6.07, 6.45) is 2.75. The second-order valence-corrected chi connectivity index (χ2v) is 11.6. The van der Waals surface area contributed by atoms with Gasteiger partial charge in [0.15, 0.2) is 0 Å². The van der Waals surface area contributed by atoms with Crippen molar-refractivity contribution in [2.75, 3.05) is 39.8 Å². The van der Waals surface area contributed by atoms with Gasteiger partial charge in [-0.2, -0.15) is 0 Å². The molecule has 11 nitrogen and oxygen atoms in total. The molecule has 3 aliphatic rings. The zero-order valence-corrected chi connectivity index (χ0v) is 25.5. The fraction of sp³-hybridized carbons (Fsp3) is 0.515. The third kappa shape index (κ3) is 7.88. The van der Waals surface area contributed by atoms with Gasteiger partial charge in [-0.25, -0.2) is 0 Å². The number of carbonyl (C=O) groups is 4. The lowest BCUT2D eigenvalue weighted by atomic mass is 9.93. The SMILES string of the molecule is CCC(=O)N1CCC(C(=O)N2CC[C@@H]3OCc4cccc(c4)Oc4cc(OC)cc(c4)C(=O)NCCCC(=O)N[C@H]3C2)CC1. The van der Waals surface area contributed by atoms with Crippen LogP contribution in [-0.2, 0) is 25.7 Å². The average Bonchev–Trinajstić information content (AvgIpc) is 3.05. The van der Waals surface area contributed by atoms with E-state index in [1.54, 1.807) is 18.2 Å². The molecule has 4 amide bonds. The Kier molecular flexibility index (Phi) is 10.4. The number of ether oxygens (including phenoxy) is 3. The van der Waals surface area contributed by atoms with E-state index in [2.05, 4.69) is 10.6 Å². The highest BCUT2D eigenvalue weighted by Crippen LogP contribution is 2.29. The first kappa shape index (κ1) is 31.3. The van der Waals surface area contributed by atoms with E-state index < -0.39 is 0 Å². The highest BCUT2D eigenvalue weighted by Gasteiger charge is 2.37. The zero-order chi connectivity index (χ0) is 31.1. The van der Waals surface area contributed by atoms with Crippen molar-refractivity contribution in [1.82, 2.24) is 20.4 Å². The minimum Gasteiger partial charge on any atom is -0.497 e. The van der Waals surface area contributed by atoms with Crippen molar-refractivity contribution in [3.63, 3.8) is 0 Å². The Labute approximate surface area is 258 Å². The number of nitrogens with zero attached hydrogens (tertiary/aromatic N) is 2. The molecule has 44 heavy (non-hydrogen) atoms. The summed E-state index contributed by atoms with van der Waals surface area (Å²) in [7, 11) is 1.53. The van der Waals surface area contributed by atoms with E-state index in [0.29, 0.717) is 94.2 Å². The summed E-state index contributed by atoms with van der Waals surface area (Å²) < 4.78 is 17.8. The fourth-order valence-electron chi connectivity index (χ4n) is 6.08. The Balaban J connectivity index is 1.29. The topological polar surface area (TPSA) is 127 Å². The van der Waals surface area contributed by atoms with E-state index in [0.717, 1.165) is 5.56 Å². The maximum Gasteiger partial charge on any atom is 0.251 e. The smallest absolute Gasteiger partial charge is 0.251 e. The van der Waals surface area contributed by atoms with Gasteiger partial charge in [-0.1, -0.05) is 19.1 Å². The van der Waals surface area contributed by atoms with Crippen LogP contribution in [0, 0.1) is 5.92 Å². The normalized spacial score (nSPS) is 22.0. The highest BCUT2D eigenvalue weighted by molar-refractivity contribution is 5.95. The molecule has 2 aromatic rings. The van der Waals surface area contributed by atoms with Crippen molar-refractivity contribution in [3.05, 3.63) is 53.6 Å². The van der Waals surface area contributed by atoms with Crippen LogP contribution in [0.3, 0.4) is 0 Å². The summed E-state index contributed by atoms with van der Waals surface area (Å²) in [6, 6.07) is 12.2. The molecule has 3 heterocycles. The number of rotatable bonds is 3. The number of piperidine rings is 2. The summed E-state index contributed by atoms with van der Waals surface area (Å²) >= 11 is 0. The molecule has 2 saturated heterocycles. The van der Waals surface area contributed by atoms with Crippen LogP contribution in [0.25, 0.3) is 0 Å². The first-order valence-electron chi connectivity index (χ1n) is 15.5. The molecular formula is C33H42N4O7. The van der Waals surface area contributed by atoms with Gasteiger partial charge in [0, 0.05) is 63.1 Å². The standard InChI is InChI=1S/C33H42N4O7/c1-3-31(39)36-13-9-23(10-14-36)33(41)37-15-11-29-28(20-37)35-30(38)8-5-12-34-32(40)24-17-26(42-2)19-27(18-24)44-25-7-4-6-22(16-25)21-43-29/h4,6-7,16-19,23,28-29H,3,5,8-15,20-21H2,1-2H3,(H,34,40)(H,35,38)/t28-,29-/m0/s1. The Bertz CT molecular complexity index is 1360. The van der Waals surface area contributed by atoms with Gasteiger partial charge in [-0.05, 0) is 55.5 Å². The number of fused-ring (bicyclic) bond motifs is 5. The largest absolute Gasteiger partial charge is 0.497 e. The predicted octanol–water partition coefficient (Wildman–Crippen LogP) is 3.26. The number of hydrogen-bond acceptors (Lipinski definition) is 7. The Morgan fingerprint density at radius 3 is 2.57 bits per heavy atom. The Hall–Kier alpha value is -4.12. The Morgan fingerprint density at radius 1 is 1.00 bits per heavy atom. The molecule has 2 N–H and O–H groups in total. The Morgan fingerprint density at radius 2 is 1.80 bits per heavy atom. The van der Waals surface area contributed by atoms with E-state index in [1.165, 1.54) is 7.11 Å². The van der Waals surface area contributed by atoms with Crippen molar-refractivity contribution >= 4 is 23.6 Å². The lowest BCUT2D eigenvalue weighted by Crippen LogP contribution is -2.58. The number of hydrogen-bond donors (Lipinski definition) is 2. The van der Waals surface area contributed by atoms with Crippen molar-refractivity contribution < 1.29 is 33.4 Å². The monoisotopic (exact) mass is 606 g/mol. The number of amides is 4. The van der Waals surface area contributed by atoms with Gasteiger partial charge in [-0.3, -0.25) is 19.2 Å². The first-order chi connectivity index (χ1) is 21.3. The summed E-state index contributed by atoms with van der Waals surface area (Å²) in [5, 5.41) is 5.98. The molecule has 0 aliphatic carbocycles. The maximum absolute atomic E-state index is 13.5. The first-order valence-corrected chi connectivity index (χ1v) is 15.5. The summed E-state index contributed by atoms with van der Waals surface area (Å²) in [5.74, 6) is 1.18. The minimum absolute atomic E-state index is 0.0770. The highest BCUT2D eigenvalue weighted by atomic mass is 16.5. The van der Waals surface area contributed by atoms with E-state index in [-0.39, 0.29) is 48.1 Å². The number of methoxy groups -OCH3 is 1. The maximum atomic E-state index is 13.5. The van der Waals surface area contributed by atoms with E-state index in [9.17, 15) is 19.2 Å². The molecule has 4 bridgehead atoms. The van der Waals surface area contributed by atoms with Gasteiger partial charge >= 0.3 is 0 Å². The third-order valence-electron chi connectivity index (χ3n) is 8.55.